The van der Waals surface area contributed by atoms with E-state index < -0.39 is 0 Å². The van der Waals surface area contributed by atoms with Crippen molar-refractivity contribution < 1.29 is 9.84 Å². The van der Waals surface area contributed by atoms with Crippen LogP contribution in [0.15, 0.2) is 16.7 Å². The van der Waals surface area contributed by atoms with Crippen molar-refractivity contribution in [1.29, 1.82) is 0 Å². The van der Waals surface area contributed by atoms with Gasteiger partial charge >= 0.3 is 0 Å². The highest BCUT2D eigenvalue weighted by molar-refractivity contribution is 9.10. The quantitative estimate of drug-likeness (QED) is 0.705. The molecule has 1 rings (SSSR count). The van der Waals surface area contributed by atoms with Crippen LogP contribution in [-0.2, 0) is 0 Å². The second-order valence-corrected chi connectivity index (χ2v) is 2.41. The summed E-state index contributed by atoms with van der Waals surface area (Å²) >= 11 is 3.05. The van der Waals surface area contributed by atoms with Crippen LogP contribution in [0.1, 0.15) is 0 Å². The van der Waals surface area contributed by atoms with Crippen LogP contribution in [0.25, 0.3) is 0 Å². The number of aromatic hydroxyl groups is 1. The largest absolute Gasteiger partial charge is 0.505 e. The van der Waals surface area contributed by atoms with Crippen LogP contribution in [0.4, 0.5) is 0 Å². The van der Waals surface area contributed by atoms with Crippen molar-refractivity contribution >= 4 is 15.9 Å². The fourth-order valence-electron chi connectivity index (χ4n) is 0.524. The molecule has 0 fully saturated rings. The number of aromatic nitrogens is 1. The maximum atomic E-state index is 8.97. The number of pyridine rings is 1. The highest BCUT2D eigenvalue weighted by Crippen LogP contribution is 2.23. The summed E-state index contributed by atoms with van der Waals surface area (Å²) in [5.74, 6) is 0.588. The molecule has 4 heteroatoms. The van der Waals surface area contributed by atoms with E-state index in [1.54, 1.807) is 6.07 Å². The molecule has 1 aromatic rings. The minimum atomic E-state index is 0.112. The number of rotatable bonds is 1. The maximum Gasteiger partial charge on any atom is 0.214 e. The zero-order chi connectivity index (χ0) is 7.56. The predicted molar refractivity (Wildman–Crippen MR) is 40.2 cm³/mol. The van der Waals surface area contributed by atoms with E-state index in [0.29, 0.717) is 10.5 Å². The number of halogens is 1. The van der Waals surface area contributed by atoms with Crippen molar-refractivity contribution in [1.82, 2.24) is 4.98 Å². The smallest absolute Gasteiger partial charge is 0.214 e. The summed E-state index contributed by atoms with van der Waals surface area (Å²) in [5, 5.41) is 8.97. The first-order valence-electron chi connectivity index (χ1n) is 2.63. The molecule has 0 bridgehead atoms. The van der Waals surface area contributed by atoms with Crippen molar-refractivity contribution in [3.05, 3.63) is 16.7 Å². The fourth-order valence-corrected chi connectivity index (χ4v) is 0.831. The van der Waals surface area contributed by atoms with E-state index in [1.165, 1.54) is 13.2 Å². The molecule has 54 valence electrons. The van der Waals surface area contributed by atoms with Crippen molar-refractivity contribution in [2.24, 2.45) is 0 Å². The molecule has 3 nitrogen and oxygen atoms in total. The molecule has 0 saturated carbocycles. The Kier molecular flexibility index (Phi) is 2.11. The Bertz CT molecular complexity index is 239. The third-order valence-electron chi connectivity index (χ3n) is 1.01. The summed E-state index contributed by atoms with van der Waals surface area (Å²) in [6.45, 7) is 0. The highest BCUT2D eigenvalue weighted by atomic mass is 79.9. The highest BCUT2D eigenvalue weighted by Gasteiger charge is 1.99. The first-order chi connectivity index (χ1) is 4.74. The van der Waals surface area contributed by atoms with Crippen molar-refractivity contribution in [2.45, 2.75) is 0 Å². The van der Waals surface area contributed by atoms with Gasteiger partial charge in [-0.2, -0.15) is 0 Å². The second-order valence-electron chi connectivity index (χ2n) is 1.66. The van der Waals surface area contributed by atoms with E-state index in [9.17, 15) is 0 Å². The third-order valence-corrected chi connectivity index (χ3v) is 1.60. The van der Waals surface area contributed by atoms with Gasteiger partial charge in [-0.3, -0.25) is 0 Å². The second kappa shape index (κ2) is 2.88. The van der Waals surface area contributed by atoms with Crippen molar-refractivity contribution in [3.63, 3.8) is 0 Å². The lowest BCUT2D eigenvalue weighted by atomic mass is 10.4. The molecular weight excluding hydrogens is 198 g/mol. The predicted octanol–water partition coefficient (Wildman–Crippen LogP) is 1.56. The lowest BCUT2D eigenvalue weighted by molar-refractivity contribution is 0.392. The van der Waals surface area contributed by atoms with Gasteiger partial charge in [0, 0.05) is 6.07 Å². The third kappa shape index (κ3) is 1.39. The van der Waals surface area contributed by atoms with Gasteiger partial charge in [0.2, 0.25) is 5.88 Å². The van der Waals surface area contributed by atoms with Gasteiger partial charge in [0.05, 0.1) is 7.11 Å². The standard InChI is InChI=1S/C6H6BrNO2/c1-10-5-3-2-4(9)6(7)8-5/h2-3,9H,1H3. The summed E-state index contributed by atoms with van der Waals surface area (Å²) in [6.07, 6.45) is 0. The first kappa shape index (κ1) is 7.34. The zero-order valence-electron chi connectivity index (χ0n) is 5.34. The Morgan fingerprint density at radius 1 is 1.60 bits per heavy atom. The van der Waals surface area contributed by atoms with Gasteiger partial charge in [0.25, 0.3) is 0 Å². The average Bonchev–Trinajstić information content (AvgIpc) is 1.95. The van der Waals surface area contributed by atoms with Crippen LogP contribution >= 0.6 is 15.9 Å². The average molecular weight is 204 g/mol. The van der Waals surface area contributed by atoms with Gasteiger partial charge in [-0.05, 0) is 22.0 Å². The SMILES string of the molecule is COc1ccc(O)c(Br)n1. The van der Waals surface area contributed by atoms with Gasteiger partial charge in [-0.25, -0.2) is 4.98 Å². The van der Waals surface area contributed by atoms with Gasteiger partial charge in [0.15, 0.2) is 4.60 Å². The van der Waals surface area contributed by atoms with Gasteiger partial charge in [0.1, 0.15) is 5.75 Å². The number of nitrogens with zero attached hydrogens (tertiary/aromatic N) is 1. The topological polar surface area (TPSA) is 42.4 Å². The first-order valence-corrected chi connectivity index (χ1v) is 3.43. The molecule has 0 atom stereocenters. The fraction of sp³-hybridized carbons (Fsp3) is 0.167. The number of hydrogen-bond donors (Lipinski definition) is 1. The lowest BCUT2D eigenvalue weighted by Crippen LogP contribution is -1.86. The maximum absolute atomic E-state index is 8.97. The molecule has 0 aliphatic heterocycles. The number of methoxy groups -OCH3 is 1. The Labute approximate surface area is 66.8 Å². The van der Waals surface area contributed by atoms with Crippen LogP contribution < -0.4 is 4.74 Å². The lowest BCUT2D eigenvalue weighted by Gasteiger charge is -1.98. The van der Waals surface area contributed by atoms with E-state index in [1.807, 2.05) is 0 Å². The molecular formula is C6H6BrNO2. The molecule has 0 aliphatic carbocycles. The molecule has 1 aromatic heterocycles. The summed E-state index contributed by atoms with van der Waals surface area (Å²) in [4.78, 5) is 3.84. The van der Waals surface area contributed by atoms with Crippen LogP contribution in [0, 0.1) is 0 Å². The molecule has 1 heterocycles. The Balaban J connectivity index is 3.04. The minimum Gasteiger partial charge on any atom is -0.505 e. The molecule has 0 aromatic carbocycles. The van der Waals surface area contributed by atoms with E-state index >= 15 is 0 Å². The van der Waals surface area contributed by atoms with Crippen LogP contribution in [0.3, 0.4) is 0 Å². The summed E-state index contributed by atoms with van der Waals surface area (Å²) in [6, 6.07) is 3.09. The normalized spacial score (nSPS) is 9.40. The van der Waals surface area contributed by atoms with Crippen molar-refractivity contribution in [2.75, 3.05) is 7.11 Å². The van der Waals surface area contributed by atoms with Gasteiger partial charge in [-0.15, -0.1) is 0 Å². The van der Waals surface area contributed by atoms with Gasteiger partial charge < -0.3 is 9.84 Å². The van der Waals surface area contributed by atoms with E-state index in [0.717, 1.165) is 0 Å². The van der Waals surface area contributed by atoms with Crippen LogP contribution in [0.5, 0.6) is 11.6 Å². The summed E-state index contributed by atoms with van der Waals surface area (Å²) in [5.41, 5.74) is 0. The molecule has 0 spiro atoms. The molecule has 0 saturated heterocycles. The molecule has 0 aliphatic rings. The van der Waals surface area contributed by atoms with E-state index in [2.05, 4.69) is 20.9 Å². The van der Waals surface area contributed by atoms with Crippen LogP contribution in [-0.4, -0.2) is 17.2 Å². The van der Waals surface area contributed by atoms with Gasteiger partial charge in [-0.1, -0.05) is 0 Å². The van der Waals surface area contributed by atoms with E-state index in [-0.39, 0.29) is 5.75 Å². The monoisotopic (exact) mass is 203 g/mol. The minimum absolute atomic E-state index is 0.112. The number of ether oxygens (including phenoxy) is 1. The molecule has 0 unspecified atom stereocenters. The number of hydrogen-bond acceptors (Lipinski definition) is 3. The van der Waals surface area contributed by atoms with Crippen LogP contribution in [0.2, 0.25) is 0 Å². The molecule has 0 radical (unpaired) electrons. The Morgan fingerprint density at radius 2 is 2.30 bits per heavy atom. The van der Waals surface area contributed by atoms with E-state index in [4.69, 9.17) is 9.84 Å². The summed E-state index contributed by atoms with van der Waals surface area (Å²) < 4.78 is 5.19. The van der Waals surface area contributed by atoms with Crippen molar-refractivity contribution in [3.8, 4) is 11.6 Å². The molecule has 1 N–H and O–H groups in total. The zero-order valence-corrected chi connectivity index (χ0v) is 6.92. The molecule has 0 amide bonds. The Hall–Kier alpha value is -0.770. The Morgan fingerprint density at radius 3 is 2.80 bits per heavy atom. The molecule has 10 heavy (non-hydrogen) atoms. The summed E-state index contributed by atoms with van der Waals surface area (Å²) in [7, 11) is 1.52.